The summed E-state index contributed by atoms with van der Waals surface area (Å²) in [6, 6.07) is 15.9. The molecule has 4 N–H and O–H groups in total. The van der Waals surface area contributed by atoms with Crippen molar-refractivity contribution in [2.45, 2.75) is 43.5 Å². The number of methoxy groups -OCH3 is 1. The van der Waals surface area contributed by atoms with E-state index in [9.17, 15) is 24.8 Å². The van der Waals surface area contributed by atoms with Crippen molar-refractivity contribution in [1.29, 1.82) is 0 Å². The van der Waals surface area contributed by atoms with E-state index < -0.39 is 36.8 Å². The summed E-state index contributed by atoms with van der Waals surface area (Å²) in [6.45, 7) is 1.43. The lowest BCUT2D eigenvalue weighted by Crippen LogP contribution is -2.64. The monoisotopic (exact) mass is 474 g/mol. The molecule has 176 valence electrons. The summed E-state index contributed by atoms with van der Waals surface area (Å²) in [5.41, 5.74) is 3.40. The Labute approximate surface area is 195 Å². The number of aliphatic hydroxyl groups excluding tert-OH is 4. The predicted molar refractivity (Wildman–Crippen MR) is 122 cm³/mol. The molecule has 0 saturated carbocycles. The highest BCUT2D eigenvalue weighted by atomic mass is 32.1. The van der Waals surface area contributed by atoms with Gasteiger partial charge in [0.05, 0.1) is 6.61 Å². The van der Waals surface area contributed by atoms with Crippen LogP contribution in [0, 0.1) is 12.7 Å². The molecule has 4 rings (SSSR count). The number of hydrogen-bond donors (Lipinski definition) is 4. The van der Waals surface area contributed by atoms with Gasteiger partial charge in [0.1, 0.15) is 30.2 Å². The van der Waals surface area contributed by atoms with Gasteiger partial charge >= 0.3 is 0 Å². The molecule has 1 aliphatic heterocycles. The maximum Gasteiger partial charge on any atom is 0.224 e. The average Bonchev–Trinajstić information content (AvgIpc) is 3.29. The van der Waals surface area contributed by atoms with Gasteiger partial charge in [0.15, 0.2) is 0 Å². The van der Waals surface area contributed by atoms with Crippen LogP contribution in [0.1, 0.15) is 21.6 Å². The van der Waals surface area contributed by atoms with Crippen LogP contribution in [0.2, 0.25) is 0 Å². The third-order valence-electron chi connectivity index (χ3n) is 6.16. The van der Waals surface area contributed by atoms with E-state index in [-0.39, 0.29) is 5.82 Å². The summed E-state index contributed by atoms with van der Waals surface area (Å²) >= 11 is 1.61. The highest BCUT2D eigenvalue weighted by Gasteiger charge is 2.55. The minimum Gasteiger partial charge on any atom is -0.394 e. The summed E-state index contributed by atoms with van der Waals surface area (Å²) in [4.78, 5) is 2.12. The van der Waals surface area contributed by atoms with Gasteiger partial charge in [0.25, 0.3) is 0 Å². The van der Waals surface area contributed by atoms with Gasteiger partial charge in [-0.2, -0.15) is 0 Å². The lowest BCUT2D eigenvalue weighted by atomic mass is 9.86. The maximum absolute atomic E-state index is 13.2. The van der Waals surface area contributed by atoms with Crippen molar-refractivity contribution < 1.29 is 34.3 Å². The van der Waals surface area contributed by atoms with E-state index in [1.807, 2.05) is 31.2 Å². The number of aryl methyl sites for hydroxylation is 1. The first kappa shape index (κ1) is 24.0. The van der Waals surface area contributed by atoms with E-state index in [2.05, 4.69) is 0 Å². The smallest absolute Gasteiger partial charge is 0.224 e. The van der Waals surface area contributed by atoms with Gasteiger partial charge in [-0.3, -0.25) is 0 Å². The number of aliphatic hydroxyl groups is 4. The molecule has 0 bridgehead atoms. The molecule has 0 aliphatic carbocycles. The zero-order chi connectivity index (χ0) is 23.8. The Bertz CT molecular complexity index is 1100. The first-order chi connectivity index (χ1) is 15.8. The molecule has 0 radical (unpaired) electrons. The molecule has 33 heavy (non-hydrogen) atoms. The Balaban J connectivity index is 1.65. The number of ether oxygens (including phenoxy) is 2. The number of halogens is 1. The van der Waals surface area contributed by atoms with Crippen LogP contribution in [0.3, 0.4) is 0 Å². The van der Waals surface area contributed by atoms with Crippen LogP contribution < -0.4 is 0 Å². The van der Waals surface area contributed by atoms with Crippen molar-refractivity contribution >= 4 is 11.3 Å². The van der Waals surface area contributed by atoms with Crippen LogP contribution in [0.25, 0.3) is 10.4 Å². The van der Waals surface area contributed by atoms with Crippen LogP contribution >= 0.6 is 11.3 Å². The molecule has 1 aromatic heterocycles. The van der Waals surface area contributed by atoms with Gasteiger partial charge in [-0.1, -0.05) is 24.3 Å². The SMILES string of the molecule is CO[C@]1(c2ccc(C)c(Cc3ccc(-c4ccc(F)cc4)s3)c2)O[C@H](CO)[C@@H](O)[C@H](O)[C@H]1O. The molecule has 8 heteroatoms. The molecule has 0 unspecified atom stereocenters. The van der Waals surface area contributed by atoms with Crippen LogP contribution in [-0.2, 0) is 21.7 Å². The Morgan fingerprint density at radius 2 is 1.76 bits per heavy atom. The van der Waals surface area contributed by atoms with E-state index in [0.29, 0.717) is 12.0 Å². The topological polar surface area (TPSA) is 99.4 Å². The van der Waals surface area contributed by atoms with Gasteiger partial charge in [-0.25, -0.2) is 4.39 Å². The summed E-state index contributed by atoms with van der Waals surface area (Å²) in [7, 11) is 1.34. The van der Waals surface area contributed by atoms with E-state index >= 15 is 0 Å². The average molecular weight is 475 g/mol. The molecule has 1 saturated heterocycles. The van der Waals surface area contributed by atoms with E-state index in [0.717, 1.165) is 26.4 Å². The zero-order valence-electron chi connectivity index (χ0n) is 18.3. The number of benzene rings is 2. The summed E-state index contributed by atoms with van der Waals surface area (Å²) in [5.74, 6) is -2.02. The van der Waals surface area contributed by atoms with Crippen molar-refractivity contribution in [2.24, 2.45) is 0 Å². The van der Waals surface area contributed by atoms with Gasteiger partial charge in [-0.05, 0) is 53.9 Å². The van der Waals surface area contributed by atoms with E-state index in [1.54, 1.807) is 29.5 Å². The molecular weight excluding hydrogens is 447 g/mol. The molecule has 0 spiro atoms. The number of thiophene rings is 1. The van der Waals surface area contributed by atoms with Crippen molar-refractivity contribution in [3.8, 4) is 10.4 Å². The predicted octanol–water partition coefficient (Wildman–Crippen LogP) is 2.73. The molecule has 6 nitrogen and oxygen atoms in total. The van der Waals surface area contributed by atoms with Crippen LogP contribution in [0.15, 0.2) is 54.6 Å². The highest BCUT2D eigenvalue weighted by molar-refractivity contribution is 7.15. The maximum atomic E-state index is 13.2. The normalized spacial score (nSPS) is 27.6. The third-order valence-corrected chi connectivity index (χ3v) is 7.29. The van der Waals surface area contributed by atoms with Gasteiger partial charge in [0.2, 0.25) is 5.79 Å². The Kier molecular flexibility index (Phi) is 6.97. The first-order valence-electron chi connectivity index (χ1n) is 10.6. The minimum atomic E-state index is -1.75. The Morgan fingerprint density at radius 1 is 1.03 bits per heavy atom. The molecule has 5 atom stereocenters. The molecule has 1 aliphatic rings. The lowest BCUT2D eigenvalue weighted by molar-refractivity contribution is -0.366. The first-order valence-corrected chi connectivity index (χ1v) is 11.4. The second-order valence-corrected chi connectivity index (χ2v) is 9.40. The fraction of sp³-hybridized carbons (Fsp3) is 0.360. The minimum absolute atomic E-state index is 0.275. The largest absolute Gasteiger partial charge is 0.394 e. The second kappa shape index (κ2) is 9.60. The van der Waals surface area contributed by atoms with E-state index in [4.69, 9.17) is 9.47 Å². The fourth-order valence-corrected chi connectivity index (χ4v) is 5.21. The molecule has 2 aromatic carbocycles. The zero-order valence-corrected chi connectivity index (χ0v) is 19.1. The van der Waals surface area contributed by atoms with E-state index in [1.165, 1.54) is 19.2 Å². The van der Waals surface area contributed by atoms with Gasteiger partial charge in [0, 0.05) is 28.8 Å². The molecule has 0 amide bonds. The van der Waals surface area contributed by atoms with Crippen LogP contribution in [0.4, 0.5) is 4.39 Å². The van der Waals surface area contributed by atoms with Crippen LogP contribution in [0.5, 0.6) is 0 Å². The summed E-state index contributed by atoms with van der Waals surface area (Å²) in [5, 5.41) is 40.8. The molecule has 3 aromatic rings. The van der Waals surface area contributed by atoms with Crippen LogP contribution in [-0.4, -0.2) is 58.6 Å². The Morgan fingerprint density at radius 3 is 2.42 bits per heavy atom. The Hall–Kier alpha value is -2.17. The van der Waals surface area contributed by atoms with Crippen molar-refractivity contribution in [2.75, 3.05) is 13.7 Å². The number of rotatable bonds is 6. The van der Waals surface area contributed by atoms with Gasteiger partial charge in [-0.15, -0.1) is 11.3 Å². The van der Waals surface area contributed by atoms with Crippen molar-refractivity contribution in [1.82, 2.24) is 0 Å². The summed E-state index contributed by atoms with van der Waals surface area (Å²) < 4.78 is 24.6. The second-order valence-electron chi connectivity index (χ2n) is 8.23. The van der Waals surface area contributed by atoms with Crippen molar-refractivity contribution in [3.63, 3.8) is 0 Å². The molecular formula is C25H27FO6S. The summed E-state index contributed by atoms with van der Waals surface area (Å²) in [6.07, 6.45) is -5.09. The third kappa shape index (κ3) is 4.48. The lowest BCUT2D eigenvalue weighted by Gasteiger charge is -2.47. The fourth-order valence-electron chi connectivity index (χ4n) is 4.18. The van der Waals surface area contributed by atoms with Crippen molar-refractivity contribution in [3.05, 3.63) is 82.0 Å². The highest BCUT2D eigenvalue weighted by Crippen LogP contribution is 2.40. The quantitative estimate of drug-likeness (QED) is 0.439. The van der Waals surface area contributed by atoms with Gasteiger partial charge < -0.3 is 29.9 Å². The molecule has 2 heterocycles. The standard InChI is InChI=1S/C25H27FO6S/c1-14-3-6-17(25(31-2)24(30)23(29)22(28)20(13-27)32-25)11-16(14)12-19-9-10-21(33-19)15-4-7-18(26)8-5-15/h3-11,20,22-24,27-30H,12-13H2,1-2H3/t20-,22-,23+,24-,25-/m1/s1. The number of hydrogen-bond acceptors (Lipinski definition) is 7. The molecule has 1 fully saturated rings.